The number of rotatable bonds is 4. The zero-order chi connectivity index (χ0) is 14.4. The van der Waals surface area contributed by atoms with Crippen LogP contribution in [0.25, 0.3) is 0 Å². The molecule has 108 valence electrons. The van der Waals surface area contributed by atoms with Gasteiger partial charge in [-0.3, -0.25) is 0 Å². The Bertz CT molecular complexity index is 504. The number of hydrogen-bond donors (Lipinski definition) is 1. The molecule has 0 radical (unpaired) electrons. The van der Waals surface area contributed by atoms with Gasteiger partial charge in [-0.25, -0.2) is 0 Å². The first-order valence-corrected chi connectivity index (χ1v) is 6.88. The van der Waals surface area contributed by atoms with Crippen molar-refractivity contribution in [3.05, 3.63) is 23.8 Å². The summed E-state index contributed by atoms with van der Waals surface area (Å²) in [6.45, 7) is 2.96. The fourth-order valence-electron chi connectivity index (χ4n) is 2.20. The molecule has 4 nitrogen and oxygen atoms in total. The molecular weight excluding hydrogens is 254 g/mol. The van der Waals surface area contributed by atoms with Crippen LogP contribution in [0.3, 0.4) is 0 Å². The first-order valence-electron chi connectivity index (χ1n) is 6.88. The summed E-state index contributed by atoms with van der Waals surface area (Å²) in [5.74, 6) is 7.35. The first-order chi connectivity index (χ1) is 9.72. The zero-order valence-corrected chi connectivity index (χ0v) is 12.0. The van der Waals surface area contributed by atoms with E-state index >= 15 is 0 Å². The second-order valence-electron chi connectivity index (χ2n) is 4.83. The van der Waals surface area contributed by atoms with Crippen LogP contribution in [0.1, 0.15) is 25.3 Å². The predicted octanol–water partition coefficient (Wildman–Crippen LogP) is 1.95. The number of ether oxygens (including phenoxy) is 3. The summed E-state index contributed by atoms with van der Waals surface area (Å²) in [4.78, 5) is 0. The molecule has 2 unspecified atom stereocenters. The lowest BCUT2D eigenvalue weighted by molar-refractivity contribution is 0.0264. The minimum atomic E-state index is 0.169. The van der Waals surface area contributed by atoms with Crippen LogP contribution in [0, 0.1) is 11.8 Å². The number of nitrogens with two attached hydrogens (primary N) is 1. The van der Waals surface area contributed by atoms with Crippen LogP contribution < -0.4 is 15.2 Å². The summed E-state index contributed by atoms with van der Waals surface area (Å²) in [5.41, 5.74) is 6.21. The minimum Gasteiger partial charge on any atom is -0.497 e. The molecule has 1 fully saturated rings. The molecule has 2 N–H and O–H groups in total. The molecule has 0 saturated carbocycles. The van der Waals surface area contributed by atoms with Gasteiger partial charge in [-0.2, -0.15) is 0 Å². The Balaban J connectivity index is 2.05. The van der Waals surface area contributed by atoms with Crippen molar-refractivity contribution in [2.24, 2.45) is 5.73 Å². The van der Waals surface area contributed by atoms with Gasteiger partial charge in [0.2, 0.25) is 0 Å². The molecule has 0 aliphatic carbocycles. The Kier molecular flexibility index (Phi) is 5.28. The molecular formula is C16H21NO3. The van der Waals surface area contributed by atoms with Crippen LogP contribution >= 0.6 is 0 Å². The van der Waals surface area contributed by atoms with Crippen molar-refractivity contribution in [3.8, 4) is 23.3 Å². The molecule has 0 amide bonds. The summed E-state index contributed by atoms with van der Waals surface area (Å²) in [6, 6.07) is 5.59. The van der Waals surface area contributed by atoms with E-state index in [0.717, 1.165) is 29.9 Å². The average Bonchev–Trinajstić information content (AvgIpc) is 2.89. The van der Waals surface area contributed by atoms with E-state index in [1.165, 1.54) is 0 Å². The number of hydrogen-bond acceptors (Lipinski definition) is 4. The van der Waals surface area contributed by atoms with E-state index < -0.39 is 0 Å². The van der Waals surface area contributed by atoms with Crippen molar-refractivity contribution in [1.82, 2.24) is 0 Å². The van der Waals surface area contributed by atoms with Crippen molar-refractivity contribution in [1.29, 1.82) is 0 Å². The topological polar surface area (TPSA) is 53.7 Å². The minimum absolute atomic E-state index is 0.169. The van der Waals surface area contributed by atoms with Crippen molar-refractivity contribution < 1.29 is 14.2 Å². The highest BCUT2D eigenvalue weighted by Crippen LogP contribution is 2.25. The standard InChI is InChI=1S/C16H21NO3/c1-12-5-6-15(20-12)11-19-16-8-7-14(18-2)10-13(16)4-3-9-17/h7-8,10,12,15H,5-6,9,11,17H2,1-2H3. The van der Waals surface area contributed by atoms with Gasteiger partial charge in [-0.1, -0.05) is 11.8 Å². The molecule has 0 aromatic heterocycles. The summed E-state index contributed by atoms with van der Waals surface area (Å²) < 4.78 is 16.8. The van der Waals surface area contributed by atoms with Crippen molar-refractivity contribution in [2.75, 3.05) is 20.3 Å². The average molecular weight is 275 g/mol. The van der Waals surface area contributed by atoms with Gasteiger partial charge >= 0.3 is 0 Å². The quantitative estimate of drug-likeness (QED) is 0.853. The maximum atomic E-state index is 5.84. The van der Waals surface area contributed by atoms with E-state index in [1.807, 2.05) is 18.2 Å². The number of benzene rings is 1. The second kappa shape index (κ2) is 7.18. The van der Waals surface area contributed by atoms with Crippen molar-refractivity contribution in [2.45, 2.75) is 32.0 Å². The lowest BCUT2D eigenvalue weighted by atomic mass is 10.2. The molecule has 1 aromatic rings. The summed E-state index contributed by atoms with van der Waals surface area (Å²) in [5, 5.41) is 0. The third kappa shape index (κ3) is 3.89. The molecule has 1 aliphatic rings. The Morgan fingerprint density at radius 3 is 2.90 bits per heavy atom. The van der Waals surface area contributed by atoms with E-state index in [9.17, 15) is 0 Å². The molecule has 1 aliphatic heterocycles. The van der Waals surface area contributed by atoms with Crippen molar-refractivity contribution in [3.63, 3.8) is 0 Å². The largest absolute Gasteiger partial charge is 0.497 e. The van der Waals surface area contributed by atoms with Gasteiger partial charge < -0.3 is 19.9 Å². The van der Waals surface area contributed by atoms with Crippen molar-refractivity contribution >= 4 is 0 Å². The van der Waals surface area contributed by atoms with E-state index in [1.54, 1.807) is 7.11 Å². The SMILES string of the molecule is COc1ccc(OCC2CCC(C)O2)c(C#CCN)c1. The van der Waals surface area contributed by atoms with E-state index in [-0.39, 0.29) is 6.10 Å². The fraction of sp³-hybridized carbons (Fsp3) is 0.500. The third-order valence-electron chi connectivity index (χ3n) is 3.26. The maximum Gasteiger partial charge on any atom is 0.135 e. The van der Waals surface area contributed by atoms with Crippen LogP contribution in [0.4, 0.5) is 0 Å². The highest BCUT2D eigenvalue weighted by molar-refractivity contribution is 5.50. The Morgan fingerprint density at radius 1 is 1.40 bits per heavy atom. The fourth-order valence-corrected chi connectivity index (χ4v) is 2.20. The Hall–Kier alpha value is -1.70. The third-order valence-corrected chi connectivity index (χ3v) is 3.26. The Morgan fingerprint density at radius 2 is 2.25 bits per heavy atom. The van der Waals surface area contributed by atoms with Gasteiger partial charge in [-0.15, -0.1) is 0 Å². The monoisotopic (exact) mass is 275 g/mol. The lowest BCUT2D eigenvalue weighted by Gasteiger charge is -2.14. The van der Waals surface area contributed by atoms with Gasteiger partial charge in [0, 0.05) is 0 Å². The van der Waals surface area contributed by atoms with Gasteiger partial charge in [0.05, 0.1) is 31.4 Å². The molecule has 0 bridgehead atoms. The molecule has 2 atom stereocenters. The van der Waals surface area contributed by atoms with Gasteiger partial charge in [-0.05, 0) is 38.0 Å². The van der Waals surface area contributed by atoms with Gasteiger partial charge in [0.25, 0.3) is 0 Å². The first kappa shape index (κ1) is 14.7. The molecule has 0 spiro atoms. The highest BCUT2D eigenvalue weighted by Gasteiger charge is 2.22. The van der Waals surface area contributed by atoms with Crippen LogP contribution in [0.2, 0.25) is 0 Å². The predicted molar refractivity (Wildman–Crippen MR) is 78.0 cm³/mol. The molecule has 2 rings (SSSR count). The molecule has 4 heteroatoms. The smallest absolute Gasteiger partial charge is 0.135 e. The Labute approximate surface area is 120 Å². The van der Waals surface area contributed by atoms with Gasteiger partial charge in [0.1, 0.15) is 18.1 Å². The normalized spacial score (nSPS) is 21.1. The number of methoxy groups -OCH3 is 1. The molecule has 1 aromatic carbocycles. The van der Waals surface area contributed by atoms with E-state index in [0.29, 0.717) is 19.3 Å². The lowest BCUT2D eigenvalue weighted by Crippen LogP contribution is -2.18. The summed E-state index contributed by atoms with van der Waals surface area (Å²) in [6.07, 6.45) is 2.64. The zero-order valence-electron chi connectivity index (χ0n) is 12.0. The summed E-state index contributed by atoms with van der Waals surface area (Å²) >= 11 is 0. The van der Waals surface area contributed by atoms with Crippen LogP contribution in [0.5, 0.6) is 11.5 Å². The molecule has 1 saturated heterocycles. The maximum absolute atomic E-state index is 5.84. The summed E-state index contributed by atoms with van der Waals surface area (Å²) in [7, 11) is 1.63. The van der Waals surface area contributed by atoms with E-state index in [2.05, 4.69) is 18.8 Å². The van der Waals surface area contributed by atoms with Gasteiger partial charge in [0.15, 0.2) is 0 Å². The highest BCUT2D eigenvalue weighted by atomic mass is 16.5. The molecule has 20 heavy (non-hydrogen) atoms. The molecule has 1 heterocycles. The van der Waals surface area contributed by atoms with Crippen LogP contribution in [0.15, 0.2) is 18.2 Å². The van der Waals surface area contributed by atoms with E-state index in [4.69, 9.17) is 19.9 Å². The second-order valence-corrected chi connectivity index (χ2v) is 4.83. The van der Waals surface area contributed by atoms with Crippen LogP contribution in [-0.4, -0.2) is 32.5 Å². The van der Waals surface area contributed by atoms with Crippen LogP contribution in [-0.2, 0) is 4.74 Å².